The number of alkyl halides is 3. The van der Waals surface area contributed by atoms with Gasteiger partial charge in [-0.1, -0.05) is 13.8 Å². The molecule has 0 aliphatic heterocycles. The minimum atomic E-state index is -4.16. The molecule has 0 fully saturated rings. The van der Waals surface area contributed by atoms with Crippen molar-refractivity contribution < 1.29 is 17.6 Å². The van der Waals surface area contributed by atoms with Gasteiger partial charge in [0.05, 0.1) is 12.1 Å². The quantitative estimate of drug-likeness (QED) is 0.854. The largest absolute Gasteiger partial charge is 0.448 e. The average Bonchev–Trinajstić information content (AvgIpc) is 2.57. The van der Waals surface area contributed by atoms with Crippen LogP contribution in [-0.4, -0.2) is 17.2 Å². The fourth-order valence-electron chi connectivity index (χ4n) is 1.20. The van der Waals surface area contributed by atoms with Gasteiger partial charge in [-0.25, -0.2) is 4.98 Å². The normalized spacial score (nSPS) is 12.4. The van der Waals surface area contributed by atoms with E-state index in [9.17, 15) is 13.2 Å². The third-order valence-corrected chi connectivity index (χ3v) is 2.04. The zero-order chi connectivity index (χ0) is 12.2. The van der Waals surface area contributed by atoms with Crippen LogP contribution in [0.5, 0.6) is 0 Å². The second kappa shape index (κ2) is 5.34. The molecule has 1 aromatic heterocycles. The Hall–Kier alpha value is -1.04. The van der Waals surface area contributed by atoms with E-state index in [0.29, 0.717) is 18.0 Å². The second-order valence-corrected chi connectivity index (χ2v) is 3.87. The lowest BCUT2D eigenvalue weighted by Gasteiger charge is -2.08. The summed E-state index contributed by atoms with van der Waals surface area (Å²) in [6.45, 7) is 4.34. The smallest absolute Gasteiger partial charge is 0.389 e. The first-order chi connectivity index (χ1) is 7.38. The highest BCUT2D eigenvalue weighted by atomic mass is 19.4. The molecule has 0 aromatic carbocycles. The summed E-state index contributed by atoms with van der Waals surface area (Å²) in [4.78, 5) is 3.89. The predicted molar refractivity (Wildman–Crippen MR) is 52.9 cm³/mol. The molecule has 0 saturated carbocycles. The molecule has 0 aliphatic rings. The number of aryl methyl sites for hydroxylation is 1. The number of nitrogens with one attached hydrogen (secondary N) is 1. The molecule has 1 aromatic rings. The van der Waals surface area contributed by atoms with E-state index >= 15 is 0 Å². The van der Waals surface area contributed by atoms with E-state index in [-0.39, 0.29) is 12.5 Å². The highest BCUT2D eigenvalue weighted by molar-refractivity contribution is 5.07. The van der Waals surface area contributed by atoms with E-state index in [1.54, 1.807) is 0 Å². The first-order valence-electron chi connectivity index (χ1n) is 5.10. The van der Waals surface area contributed by atoms with Crippen LogP contribution in [0.25, 0.3) is 0 Å². The standard InChI is InChI=1S/C10H15F3N2O/c1-7(2)14-5-8-9(16-6-15-8)3-4-10(11,12)13/h6-7,14H,3-5H2,1-2H3. The summed E-state index contributed by atoms with van der Waals surface area (Å²) in [5.74, 6) is 0.311. The molecule has 0 radical (unpaired) electrons. The summed E-state index contributed by atoms with van der Waals surface area (Å²) in [6, 6.07) is 0.257. The van der Waals surface area contributed by atoms with Crippen LogP contribution < -0.4 is 5.32 Å². The van der Waals surface area contributed by atoms with Crippen molar-refractivity contribution in [2.45, 2.75) is 45.5 Å². The lowest BCUT2D eigenvalue weighted by atomic mass is 10.2. The highest BCUT2D eigenvalue weighted by Crippen LogP contribution is 2.23. The number of nitrogens with zero attached hydrogens (tertiary/aromatic N) is 1. The Balaban J connectivity index is 2.50. The summed E-state index contributed by atoms with van der Waals surface area (Å²) in [5, 5.41) is 3.08. The van der Waals surface area contributed by atoms with E-state index in [1.807, 2.05) is 13.8 Å². The van der Waals surface area contributed by atoms with Crippen molar-refractivity contribution in [2.24, 2.45) is 0 Å². The van der Waals surface area contributed by atoms with Crippen molar-refractivity contribution in [2.75, 3.05) is 0 Å². The summed E-state index contributed by atoms with van der Waals surface area (Å²) in [7, 11) is 0. The molecule has 0 unspecified atom stereocenters. The monoisotopic (exact) mass is 236 g/mol. The van der Waals surface area contributed by atoms with Gasteiger partial charge in [0.1, 0.15) is 5.76 Å². The molecule has 6 heteroatoms. The molecule has 0 amide bonds. The molecule has 0 saturated heterocycles. The predicted octanol–water partition coefficient (Wildman–Crippen LogP) is 2.67. The zero-order valence-corrected chi connectivity index (χ0v) is 9.27. The van der Waals surface area contributed by atoms with Gasteiger partial charge in [0, 0.05) is 19.0 Å². The Kier molecular flexibility index (Phi) is 4.35. The Morgan fingerprint density at radius 2 is 2.12 bits per heavy atom. The third kappa shape index (κ3) is 4.65. The maximum atomic E-state index is 12.0. The SMILES string of the molecule is CC(C)NCc1ncoc1CCC(F)(F)F. The van der Waals surface area contributed by atoms with Crippen molar-refractivity contribution in [1.82, 2.24) is 10.3 Å². The summed E-state index contributed by atoms with van der Waals surface area (Å²) in [6.07, 6.45) is -4.01. The van der Waals surface area contributed by atoms with E-state index in [4.69, 9.17) is 4.42 Å². The fourth-order valence-corrected chi connectivity index (χ4v) is 1.20. The van der Waals surface area contributed by atoms with Gasteiger partial charge in [-0.2, -0.15) is 13.2 Å². The molecule has 92 valence electrons. The first-order valence-corrected chi connectivity index (χ1v) is 5.10. The van der Waals surface area contributed by atoms with Crippen molar-refractivity contribution in [1.29, 1.82) is 0 Å². The Morgan fingerprint density at radius 1 is 1.44 bits per heavy atom. The molecule has 16 heavy (non-hydrogen) atoms. The lowest BCUT2D eigenvalue weighted by molar-refractivity contribution is -0.134. The molecular formula is C10H15F3N2O. The summed E-state index contributed by atoms with van der Waals surface area (Å²) >= 11 is 0. The first kappa shape index (κ1) is 13.0. The van der Waals surface area contributed by atoms with Crippen molar-refractivity contribution in [3.63, 3.8) is 0 Å². The van der Waals surface area contributed by atoms with Crippen LogP contribution in [0.3, 0.4) is 0 Å². The van der Waals surface area contributed by atoms with E-state index < -0.39 is 12.6 Å². The van der Waals surface area contributed by atoms with Crippen LogP contribution in [-0.2, 0) is 13.0 Å². The lowest BCUT2D eigenvalue weighted by Crippen LogP contribution is -2.22. The van der Waals surface area contributed by atoms with Crippen LogP contribution in [0.2, 0.25) is 0 Å². The topological polar surface area (TPSA) is 38.1 Å². The molecule has 1 heterocycles. The van der Waals surface area contributed by atoms with Gasteiger partial charge in [-0.05, 0) is 0 Å². The van der Waals surface area contributed by atoms with Crippen LogP contribution >= 0.6 is 0 Å². The fraction of sp³-hybridized carbons (Fsp3) is 0.700. The number of aromatic nitrogens is 1. The molecule has 0 atom stereocenters. The summed E-state index contributed by atoms with van der Waals surface area (Å²) in [5.41, 5.74) is 0.554. The molecule has 3 nitrogen and oxygen atoms in total. The Bertz CT molecular complexity index is 320. The second-order valence-electron chi connectivity index (χ2n) is 3.87. The van der Waals surface area contributed by atoms with Crippen LogP contribution in [0.15, 0.2) is 10.8 Å². The maximum absolute atomic E-state index is 12.0. The van der Waals surface area contributed by atoms with Crippen LogP contribution in [0.4, 0.5) is 13.2 Å². The number of halogens is 3. The highest BCUT2D eigenvalue weighted by Gasteiger charge is 2.27. The maximum Gasteiger partial charge on any atom is 0.389 e. The van der Waals surface area contributed by atoms with Crippen molar-refractivity contribution in [3.05, 3.63) is 17.8 Å². The number of hydrogen-bond acceptors (Lipinski definition) is 3. The summed E-state index contributed by atoms with van der Waals surface area (Å²) < 4.78 is 41.0. The van der Waals surface area contributed by atoms with E-state index in [2.05, 4.69) is 10.3 Å². The molecule has 1 N–H and O–H groups in total. The number of hydrogen-bond donors (Lipinski definition) is 1. The average molecular weight is 236 g/mol. The van der Waals surface area contributed by atoms with Crippen LogP contribution in [0.1, 0.15) is 31.7 Å². The van der Waals surface area contributed by atoms with Crippen molar-refractivity contribution >= 4 is 0 Å². The zero-order valence-electron chi connectivity index (χ0n) is 9.27. The third-order valence-electron chi connectivity index (χ3n) is 2.04. The van der Waals surface area contributed by atoms with Gasteiger partial charge in [0.15, 0.2) is 6.39 Å². The molecule has 0 bridgehead atoms. The number of oxazole rings is 1. The minimum Gasteiger partial charge on any atom is -0.448 e. The van der Waals surface area contributed by atoms with E-state index in [0.717, 1.165) is 0 Å². The van der Waals surface area contributed by atoms with Gasteiger partial charge in [-0.15, -0.1) is 0 Å². The number of rotatable bonds is 5. The molecule has 0 aliphatic carbocycles. The van der Waals surface area contributed by atoms with Crippen LogP contribution in [0, 0.1) is 0 Å². The van der Waals surface area contributed by atoms with Gasteiger partial charge in [0.25, 0.3) is 0 Å². The minimum absolute atomic E-state index is 0.154. The molecular weight excluding hydrogens is 221 g/mol. The van der Waals surface area contributed by atoms with Crippen molar-refractivity contribution in [3.8, 4) is 0 Å². The molecule has 1 rings (SSSR count). The Labute approximate surface area is 92.0 Å². The van der Waals surface area contributed by atoms with Gasteiger partial charge in [-0.3, -0.25) is 0 Å². The van der Waals surface area contributed by atoms with E-state index in [1.165, 1.54) is 6.39 Å². The van der Waals surface area contributed by atoms with Gasteiger partial charge in [0.2, 0.25) is 0 Å². The molecule has 0 spiro atoms. The Morgan fingerprint density at radius 3 is 2.69 bits per heavy atom. The van der Waals surface area contributed by atoms with Gasteiger partial charge >= 0.3 is 6.18 Å². The van der Waals surface area contributed by atoms with Gasteiger partial charge < -0.3 is 9.73 Å².